The Labute approximate surface area is 194 Å². The van der Waals surface area contributed by atoms with Gasteiger partial charge in [0, 0.05) is 4.91 Å². The molecule has 5 atom stereocenters. The van der Waals surface area contributed by atoms with Gasteiger partial charge in [-0.2, -0.15) is 0 Å². The molecule has 0 amide bonds. The molecule has 2 N–H and O–H groups in total. The first-order valence-electron chi connectivity index (χ1n) is 10.6. The van der Waals surface area contributed by atoms with Crippen molar-refractivity contribution in [2.75, 3.05) is 12.9 Å². The largest absolute Gasteiger partial charge is 0.405 e. The molecule has 7 nitrogen and oxygen atoms in total. The highest BCUT2D eigenvalue weighted by molar-refractivity contribution is 7.99. The Hall–Kier alpha value is -1.84. The molecular formula is C23H31N3O4SSi. The molecule has 1 saturated heterocycles. The van der Waals surface area contributed by atoms with E-state index in [1.165, 1.54) is 11.8 Å². The summed E-state index contributed by atoms with van der Waals surface area (Å²) in [5.74, 6) is 0. The van der Waals surface area contributed by atoms with Gasteiger partial charge in [-0.25, -0.2) is 0 Å². The number of rotatable bonds is 7. The number of ether oxygens (including phenoxy) is 1. The highest BCUT2D eigenvalue weighted by Crippen LogP contribution is 2.38. The van der Waals surface area contributed by atoms with Gasteiger partial charge in [-0.1, -0.05) is 86.5 Å². The van der Waals surface area contributed by atoms with E-state index in [1.807, 2.05) is 42.7 Å². The fourth-order valence-electron chi connectivity index (χ4n) is 4.40. The Balaban J connectivity index is 1.99. The number of benzene rings is 2. The molecule has 2 aromatic rings. The maximum Gasteiger partial charge on any atom is 0.261 e. The van der Waals surface area contributed by atoms with E-state index < -0.39 is 38.1 Å². The lowest BCUT2D eigenvalue weighted by Crippen LogP contribution is -2.68. The summed E-state index contributed by atoms with van der Waals surface area (Å²) >= 11 is 1.33. The summed E-state index contributed by atoms with van der Waals surface area (Å²) in [5, 5.41) is 27.0. The first-order chi connectivity index (χ1) is 15.3. The predicted octanol–water partition coefficient (Wildman–Crippen LogP) is 3.05. The van der Waals surface area contributed by atoms with Crippen molar-refractivity contribution in [3.05, 3.63) is 71.1 Å². The molecule has 172 valence electrons. The zero-order chi connectivity index (χ0) is 23.4. The third-order valence-electron chi connectivity index (χ3n) is 5.97. The number of aliphatic hydroxyl groups is 2. The van der Waals surface area contributed by atoms with E-state index in [1.54, 1.807) is 0 Å². The standard InChI is InChI=1S/C23H31N3O4SSi/c1-23(2,3)32(16-11-7-5-8-12-16,17-13-9-6-10-14-17)29-15-18-20(27)21(28)19(25-26-24)22(30-18)31-4/h5-14,18-22,27-28H,15H2,1-4H3/t18?,19?,20-,21-,22+/m1/s1. The number of azide groups is 1. The van der Waals surface area contributed by atoms with Crippen molar-refractivity contribution >= 4 is 30.5 Å². The van der Waals surface area contributed by atoms with Gasteiger partial charge in [0.25, 0.3) is 8.32 Å². The number of hydrogen-bond donors (Lipinski definition) is 2. The molecule has 0 aromatic heterocycles. The molecule has 1 aliphatic rings. The van der Waals surface area contributed by atoms with E-state index in [4.69, 9.17) is 14.7 Å². The molecule has 0 radical (unpaired) electrons. The summed E-state index contributed by atoms with van der Waals surface area (Å²) in [5.41, 5.74) is 8.26. The van der Waals surface area contributed by atoms with Crippen LogP contribution in [0.4, 0.5) is 0 Å². The summed E-state index contributed by atoms with van der Waals surface area (Å²) in [6, 6.07) is 19.5. The Morgan fingerprint density at radius 3 is 2.00 bits per heavy atom. The second kappa shape index (κ2) is 10.4. The molecule has 3 rings (SSSR count). The molecule has 2 aromatic carbocycles. The molecule has 0 bridgehead atoms. The van der Waals surface area contributed by atoms with Gasteiger partial charge in [0.2, 0.25) is 0 Å². The third kappa shape index (κ3) is 4.74. The smallest absolute Gasteiger partial charge is 0.261 e. The normalized spacial score (nSPS) is 26.4. The average molecular weight is 474 g/mol. The maximum absolute atomic E-state index is 10.8. The van der Waals surface area contributed by atoms with E-state index in [9.17, 15) is 10.2 Å². The van der Waals surface area contributed by atoms with Gasteiger partial charge < -0.3 is 19.4 Å². The van der Waals surface area contributed by atoms with Gasteiger partial charge in [-0.3, -0.25) is 0 Å². The van der Waals surface area contributed by atoms with E-state index >= 15 is 0 Å². The Morgan fingerprint density at radius 2 is 1.56 bits per heavy atom. The van der Waals surface area contributed by atoms with Crippen molar-refractivity contribution in [2.45, 2.75) is 55.6 Å². The average Bonchev–Trinajstić information content (AvgIpc) is 2.79. The molecule has 1 fully saturated rings. The first-order valence-corrected chi connectivity index (χ1v) is 13.8. The highest BCUT2D eigenvalue weighted by atomic mass is 32.2. The van der Waals surface area contributed by atoms with E-state index in [2.05, 4.69) is 55.1 Å². The van der Waals surface area contributed by atoms with Crippen LogP contribution in [0.2, 0.25) is 5.04 Å². The van der Waals surface area contributed by atoms with Crippen molar-refractivity contribution in [3.63, 3.8) is 0 Å². The lowest BCUT2D eigenvalue weighted by Gasteiger charge is -2.46. The second-order valence-corrected chi connectivity index (χ2v) is 14.2. The van der Waals surface area contributed by atoms with Crippen LogP contribution in [0.1, 0.15) is 20.8 Å². The Kier molecular flexibility index (Phi) is 8.05. The third-order valence-corrected chi connectivity index (χ3v) is 11.8. The SMILES string of the molecule is CS[C@@H]1OC(CO[Si](c2ccccc2)(c2ccccc2)C(C)(C)C)[C@@H](O)[C@H](O)C1N=[N+]=[N-]. The minimum absolute atomic E-state index is 0.103. The van der Waals surface area contributed by atoms with Crippen LogP contribution in [0.5, 0.6) is 0 Å². The van der Waals surface area contributed by atoms with Crippen LogP contribution in [0.25, 0.3) is 10.4 Å². The van der Waals surface area contributed by atoms with Gasteiger partial charge in [0.05, 0.1) is 12.7 Å². The van der Waals surface area contributed by atoms with Gasteiger partial charge >= 0.3 is 0 Å². The van der Waals surface area contributed by atoms with Crippen molar-refractivity contribution in [1.29, 1.82) is 0 Å². The van der Waals surface area contributed by atoms with Crippen LogP contribution in [0, 0.1) is 0 Å². The Bertz CT molecular complexity index is 880. The van der Waals surface area contributed by atoms with Crippen LogP contribution < -0.4 is 10.4 Å². The van der Waals surface area contributed by atoms with Gasteiger partial charge in [0.15, 0.2) is 0 Å². The molecular weight excluding hydrogens is 442 g/mol. The van der Waals surface area contributed by atoms with Gasteiger partial charge in [-0.15, -0.1) is 11.8 Å². The molecule has 0 saturated carbocycles. The lowest BCUT2D eigenvalue weighted by atomic mass is 9.99. The summed E-state index contributed by atoms with van der Waals surface area (Å²) in [6.45, 7) is 6.63. The number of nitrogens with zero attached hydrogens (tertiary/aromatic N) is 3. The number of hydrogen-bond acceptors (Lipinski definition) is 6. The summed E-state index contributed by atoms with van der Waals surface area (Å²) in [7, 11) is -2.81. The second-order valence-electron chi connectivity index (χ2n) is 8.93. The van der Waals surface area contributed by atoms with Crippen LogP contribution >= 0.6 is 11.8 Å². The molecule has 32 heavy (non-hydrogen) atoms. The van der Waals surface area contributed by atoms with Crippen LogP contribution in [0.15, 0.2) is 65.8 Å². The monoisotopic (exact) mass is 473 g/mol. The van der Waals surface area contributed by atoms with Crippen molar-refractivity contribution in [2.24, 2.45) is 5.11 Å². The minimum atomic E-state index is -2.81. The number of aliphatic hydroxyl groups excluding tert-OH is 2. The summed E-state index contributed by atoms with van der Waals surface area (Å²) < 4.78 is 12.9. The van der Waals surface area contributed by atoms with Crippen LogP contribution in [0.3, 0.4) is 0 Å². The lowest BCUT2D eigenvalue weighted by molar-refractivity contribution is -0.163. The Morgan fingerprint density at radius 1 is 1.03 bits per heavy atom. The van der Waals surface area contributed by atoms with Crippen molar-refractivity contribution in [3.8, 4) is 0 Å². The summed E-state index contributed by atoms with van der Waals surface area (Å²) in [6.07, 6.45) is -1.40. The van der Waals surface area contributed by atoms with Crippen molar-refractivity contribution in [1.82, 2.24) is 0 Å². The fourth-order valence-corrected chi connectivity index (χ4v) is 9.72. The quantitative estimate of drug-likeness (QED) is 0.278. The molecule has 1 heterocycles. The van der Waals surface area contributed by atoms with E-state index in [0.29, 0.717) is 0 Å². The maximum atomic E-state index is 10.8. The zero-order valence-electron chi connectivity index (χ0n) is 18.8. The predicted molar refractivity (Wildman–Crippen MR) is 131 cm³/mol. The van der Waals surface area contributed by atoms with E-state index in [-0.39, 0.29) is 11.6 Å². The zero-order valence-corrected chi connectivity index (χ0v) is 20.6. The van der Waals surface area contributed by atoms with Crippen LogP contribution in [-0.4, -0.2) is 61.2 Å². The topological polar surface area (TPSA) is 108 Å². The molecule has 0 aliphatic carbocycles. The molecule has 2 unspecified atom stereocenters. The fraction of sp³-hybridized carbons (Fsp3) is 0.478. The molecule has 0 spiro atoms. The minimum Gasteiger partial charge on any atom is -0.405 e. The van der Waals surface area contributed by atoms with Gasteiger partial charge in [-0.05, 0) is 27.2 Å². The summed E-state index contributed by atoms with van der Waals surface area (Å²) in [4.78, 5) is 2.80. The first kappa shape index (κ1) is 24.8. The van der Waals surface area contributed by atoms with E-state index in [0.717, 1.165) is 10.4 Å². The van der Waals surface area contributed by atoms with Crippen molar-refractivity contribution < 1.29 is 19.4 Å². The van der Waals surface area contributed by atoms with Crippen LogP contribution in [-0.2, 0) is 9.16 Å². The number of thioether (sulfide) groups is 1. The highest BCUT2D eigenvalue weighted by Gasteiger charge is 2.52. The van der Waals surface area contributed by atoms with Gasteiger partial charge in [0.1, 0.15) is 23.7 Å². The molecule has 9 heteroatoms. The molecule has 1 aliphatic heterocycles.